The molecule has 2 fully saturated rings. The van der Waals surface area contributed by atoms with Gasteiger partial charge in [-0.3, -0.25) is 0 Å². The first-order valence-corrected chi connectivity index (χ1v) is 6.53. The van der Waals surface area contributed by atoms with Crippen molar-refractivity contribution in [2.24, 2.45) is 11.3 Å². The molecule has 0 bridgehead atoms. The standard InChI is InChI=1S/C12H22N2S/c1-12(2)7-9(12)8-13-11(15)14-10-5-3-4-6-10/h9-10H,3-8H2,1-2H3,(H2,13,14,15). The lowest BCUT2D eigenvalue weighted by Crippen LogP contribution is -2.41. The largest absolute Gasteiger partial charge is 0.362 e. The Morgan fingerprint density at radius 1 is 1.33 bits per heavy atom. The van der Waals surface area contributed by atoms with Crippen LogP contribution < -0.4 is 10.6 Å². The molecule has 0 spiro atoms. The van der Waals surface area contributed by atoms with Gasteiger partial charge in [0.25, 0.3) is 0 Å². The zero-order valence-electron chi connectivity index (χ0n) is 9.81. The molecule has 15 heavy (non-hydrogen) atoms. The van der Waals surface area contributed by atoms with E-state index in [-0.39, 0.29) is 0 Å². The van der Waals surface area contributed by atoms with E-state index < -0.39 is 0 Å². The van der Waals surface area contributed by atoms with Crippen molar-refractivity contribution >= 4 is 17.3 Å². The molecule has 2 aliphatic carbocycles. The zero-order chi connectivity index (χ0) is 10.9. The highest BCUT2D eigenvalue weighted by molar-refractivity contribution is 7.80. The SMILES string of the molecule is CC1(C)CC1CNC(=S)NC1CCCC1. The zero-order valence-corrected chi connectivity index (χ0v) is 10.6. The van der Waals surface area contributed by atoms with Gasteiger partial charge in [-0.2, -0.15) is 0 Å². The topological polar surface area (TPSA) is 24.1 Å². The van der Waals surface area contributed by atoms with E-state index in [0.717, 1.165) is 17.6 Å². The number of thiocarbonyl (C=S) groups is 1. The number of nitrogens with one attached hydrogen (secondary N) is 2. The van der Waals surface area contributed by atoms with Gasteiger partial charge in [0.05, 0.1) is 0 Å². The minimum Gasteiger partial charge on any atom is -0.362 e. The summed E-state index contributed by atoms with van der Waals surface area (Å²) in [4.78, 5) is 0. The van der Waals surface area contributed by atoms with Gasteiger partial charge in [0, 0.05) is 12.6 Å². The van der Waals surface area contributed by atoms with E-state index >= 15 is 0 Å². The van der Waals surface area contributed by atoms with E-state index in [1.165, 1.54) is 32.1 Å². The molecule has 2 aliphatic rings. The summed E-state index contributed by atoms with van der Waals surface area (Å²) in [6.07, 6.45) is 6.63. The molecule has 1 atom stereocenters. The van der Waals surface area contributed by atoms with E-state index in [2.05, 4.69) is 24.5 Å². The lowest BCUT2D eigenvalue weighted by molar-refractivity contribution is 0.545. The Bertz CT molecular complexity index is 244. The van der Waals surface area contributed by atoms with Gasteiger partial charge >= 0.3 is 0 Å². The maximum atomic E-state index is 5.29. The van der Waals surface area contributed by atoms with Gasteiger partial charge in [-0.05, 0) is 42.8 Å². The molecular weight excluding hydrogens is 204 g/mol. The Kier molecular flexibility index (Phi) is 3.19. The minimum absolute atomic E-state index is 0.552. The molecule has 2 nitrogen and oxygen atoms in total. The van der Waals surface area contributed by atoms with Gasteiger partial charge in [0.1, 0.15) is 0 Å². The van der Waals surface area contributed by atoms with Crippen molar-refractivity contribution in [1.29, 1.82) is 0 Å². The molecule has 0 amide bonds. The third-order valence-electron chi connectivity index (χ3n) is 3.92. The van der Waals surface area contributed by atoms with Crippen LogP contribution in [-0.2, 0) is 0 Å². The van der Waals surface area contributed by atoms with Crippen molar-refractivity contribution < 1.29 is 0 Å². The predicted octanol–water partition coefficient (Wildman–Crippen LogP) is 2.44. The molecule has 0 heterocycles. The number of hydrogen-bond acceptors (Lipinski definition) is 1. The number of hydrogen-bond donors (Lipinski definition) is 2. The van der Waals surface area contributed by atoms with Crippen LogP contribution in [0.5, 0.6) is 0 Å². The summed E-state index contributed by atoms with van der Waals surface area (Å²) >= 11 is 5.29. The van der Waals surface area contributed by atoms with Gasteiger partial charge in [-0.15, -0.1) is 0 Å². The Morgan fingerprint density at radius 2 is 1.93 bits per heavy atom. The number of rotatable bonds is 3. The third-order valence-corrected chi connectivity index (χ3v) is 4.18. The molecule has 0 aromatic heterocycles. The maximum absolute atomic E-state index is 5.29. The second-order valence-corrected chi connectivity index (χ2v) is 6.13. The highest BCUT2D eigenvalue weighted by atomic mass is 32.1. The van der Waals surface area contributed by atoms with Crippen LogP contribution in [0.3, 0.4) is 0 Å². The van der Waals surface area contributed by atoms with Crippen molar-refractivity contribution in [2.45, 2.75) is 52.0 Å². The highest BCUT2D eigenvalue weighted by Gasteiger charge is 2.45. The van der Waals surface area contributed by atoms with Gasteiger partial charge in [0.15, 0.2) is 5.11 Å². The fourth-order valence-corrected chi connectivity index (χ4v) is 2.70. The van der Waals surface area contributed by atoms with Crippen LogP contribution in [0.15, 0.2) is 0 Å². The second-order valence-electron chi connectivity index (χ2n) is 5.73. The summed E-state index contributed by atoms with van der Waals surface area (Å²) in [5, 5.41) is 7.62. The average molecular weight is 226 g/mol. The second kappa shape index (κ2) is 4.28. The molecule has 0 aliphatic heterocycles. The molecule has 2 rings (SSSR count). The molecule has 86 valence electrons. The van der Waals surface area contributed by atoms with Crippen LogP contribution >= 0.6 is 12.2 Å². The van der Waals surface area contributed by atoms with E-state index in [9.17, 15) is 0 Å². The summed E-state index contributed by atoms with van der Waals surface area (Å²) in [5.74, 6) is 0.820. The maximum Gasteiger partial charge on any atom is 0.166 e. The fourth-order valence-electron chi connectivity index (χ4n) is 2.45. The summed E-state index contributed by atoms with van der Waals surface area (Å²) in [6.45, 7) is 5.70. The highest BCUT2D eigenvalue weighted by Crippen LogP contribution is 2.50. The fraction of sp³-hybridized carbons (Fsp3) is 0.917. The van der Waals surface area contributed by atoms with Crippen LogP contribution in [0.4, 0.5) is 0 Å². The van der Waals surface area contributed by atoms with Crippen molar-refractivity contribution in [3.63, 3.8) is 0 Å². The Balaban J connectivity index is 1.61. The van der Waals surface area contributed by atoms with Crippen LogP contribution in [0, 0.1) is 11.3 Å². The van der Waals surface area contributed by atoms with Gasteiger partial charge in [-0.25, -0.2) is 0 Å². The van der Waals surface area contributed by atoms with Crippen molar-refractivity contribution in [2.75, 3.05) is 6.54 Å². The van der Waals surface area contributed by atoms with E-state index in [1.807, 2.05) is 0 Å². The predicted molar refractivity (Wildman–Crippen MR) is 67.9 cm³/mol. The summed E-state index contributed by atoms with van der Waals surface area (Å²) in [6, 6.07) is 0.636. The van der Waals surface area contributed by atoms with E-state index in [4.69, 9.17) is 12.2 Å². The van der Waals surface area contributed by atoms with Crippen LogP contribution in [0.1, 0.15) is 46.0 Å². The van der Waals surface area contributed by atoms with Crippen LogP contribution in [-0.4, -0.2) is 17.7 Å². The van der Waals surface area contributed by atoms with Crippen molar-refractivity contribution in [1.82, 2.24) is 10.6 Å². The molecule has 0 aromatic carbocycles. The Labute approximate surface area is 98.2 Å². The van der Waals surface area contributed by atoms with Gasteiger partial charge in [-0.1, -0.05) is 26.7 Å². The lowest BCUT2D eigenvalue weighted by Gasteiger charge is -2.16. The summed E-state index contributed by atoms with van der Waals surface area (Å²) in [5.41, 5.74) is 0.552. The first kappa shape index (κ1) is 11.2. The molecule has 0 saturated heterocycles. The summed E-state index contributed by atoms with van der Waals surface area (Å²) in [7, 11) is 0. The Morgan fingerprint density at radius 3 is 2.47 bits per heavy atom. The van der Waals surface area contributed by atoms with Crippen molar-refractivity contribution in [3.8, 4) is 0 Å². The molecule has 3 heteroatoms. The first-order valence-electron chi connectivity index (χ1n) is 6.12. The smallest absolute Gasteiger partial charge is 0.166 e. The average Bonchev–Trinajstić information content (AvgIpc) is 2.62. The van der Waals surface area contributed by atoms with Crippen LogP contribution in [0.25, 0.3) is 0 Å². The monoisotopic (exact) mass is 226 g/mol. The molecule has 1 unspecified atom stereocenters. The molecule has 2 N–H and O–H groups in total. The normalized spacial score (nSPS) is 28.8. The molecule has 0 radical (unpaired) electrons. The lowest BCUT2D eigenvalue weighted by atomic mass is 10.1. The van der Waals surface area contributed by atoms with Gasteiger partial charge in [0.2, 0.25) is 0 Å². The van der Waals surface area contributed by atoms with Crippen molar-refractivity contribution in [3.05, 3.63) is 0 Å². The van der Waals surface area contributed by atoms with Gasteiger partial charge < -0.3 is 10.6 Å². The minimum atomic E-state index is 0.552. The Hall–Kier alpha value is -0.310. The molecule has 0 aromatic rings. The first-order chi connectivity index (χ1) is 7.08. The molecular formula is C12H22N2S. The van der Waals surface area contributed by atoms with E-state index in [1.54, 1.807) is 0 Å². The molecule has 2 saturated carbocycles. The van der Waals surface area contributed by atoms with Crippen LogP contribution in [0.2, 0.25) is 0 Å². The quantitative estimate of drug-likeness (QED) is 0.723. The third kappa shape index (κ3) is 3.07. The summed E-state index contributed by atoms with van der Waals surface area (Å²) < 4.78 is 0. The van der Waals surface area contributed by atoms with E-state index in [0.29, 0.717) is 11.5 Å².